The first-order valence-electron chi connectivity index (χ1n) is 8.28. The lowest BCUT2D eigenvalue weighted by molar-refractivity contribution is -0.139. The Morgan fingerprint density at radius 1 is 1.17 bits per heavy atom. The zero-order valence-electron chi connectivity index (χ0n) is 14.4. The van der Waals surface area contributed by atoms with Crippen LogP contribution in [0, 0.1) is 5.92 Å². The van der Waals surface area contributed by atoms with Gasteiger partial charge in [-0.1, -0.05) is 26.2 Å². The number of unbranched alkanes of at least 4 members (excludes halogenated alkanes) is 3. The van der Waals surface area contributed by atoms with E-state index in [1.807, 2.05) is 19.0 Å². The summed E-state index contributed by atoms with van der Waals surface area (Å²) in [7, 11) is 3.95. The summed E-state index contributed by atoms with van der Waals surface area (Å²) in [6.07, 6.45) is 6.10. The fourth-order valence-corrected chi connectivity index (χ4v) is 2.33. The monoisotopic (exact) mass is 324 g/mol. The van der Waals surface area contributed by atoms with Crippen LogP contribution in [0.25, 0.3) is 0 Å². The molecule has 0 bridgehead atoms. The minimum Gasteiger partial charge on any atom is -0.309 e. The van der Waals surface area contributed by atoms with Gasteiger partial charge < -0.3 is 4.90 Å². The first-order valence-corrected chi connectivity index (χ1v) is 8.28. The maximum absolute atomic E-state index is 12.3. The molecule has 1 rings (SSSR count). The second kappa shape index (κ2) is 10.1. The Labute approximate surface area is 138 Å². The molecule has 0 spiro atoms. The Balaban J connectivity index is 2.54. The van der Waals surface area contributed by atoms with Crippen molar-refractivity contribution >= 4 is 24.1 Å². The van der Waals surface area contributed by atoms with Crippen LogP contribution in [0.4, 0.5) is 4.79 Å². The summed E-state index contributed by atoms with van der Waals surface area (Å²) in [4.78, 5) is 43.3. The number of carbonyl (C=O) groups is 3. The Kier molecular flexibility index (Phi) is 8.47. The lowest BCUT2D eigenvalue weighted by Gasteiger charge is -2.28. The van der Waals surface area contributed by atoms with Gasteiger partial charge in [0.25, 0.3) is 0 Å². The van der Waals surface area contributed by atoms with Crippen molar-refractivity contribution in [1.29, 1.82) is 0 Å². The van der Waals surface area contributed by atoms with Gasteiger partial charge in [0, 0.05) is 19.3 Å². The topological polar surface area (TPSA) is 82.1 Å². The quantitative estimate of drug-likeness (QED) is 0.373. The first kappa shape index (κ1) is 19.3. The molecule has 1 heterocycles. The van der Waals surface area contributed by atoms with Crippen LogP contribution in [0.1, 0.15) is 39.0 Å². The van der Waals surface area contributed by atoms with Crippen LogP contribution >= 0.6 is 0 Å². The number of carbonyl (C=O) groups excluding carboxylic acids is 3. The normalized spacial score (nSPS) is 19.0. The fraction of sp³-hybridized carbons (Fsp3) is 0.750. The summed E-state index contributed by atoms with van der Waals surface area (Å²) in [5.74, 6) is -2.04. The van der Waals surface area contributed by atoms with Gasteiger partial charge in [0.2, 0.25) is 11.8 Å². The van der Waals surface area contributed by atoms with Crippen molar-refractivity contribution in [2.75, 3.05) is 33.7 Å². The fourth-order valence-electron chi connectivity index (χ4n) is 2.33. The molecule has 1 atom stereocenters. The number of barbiturate groups is 1. The standard InChI is InChI=1S/C16H28N4O3/c1-4-5-6-7-11-20-15(22)13(14(21)18-16(20)23)12-17-9-8-10-19(2)3/h12-13H,4-11H2,1-3H3,(H,18,21,23)/t13-/m1/s1. The number of imide groups is 2. The van der Waals surface area contributed by atoms with Crippen molar-refractivity contribution < 1.29 is 14.4 Å². The maximum Gasteiger partial charge on any atom is 0.330 e. The second-order valence-corrected chi connectivity index (χ2v) is 6.03. The number of amides is 4. The van der Waals surface area contributed by atoms with Crippen LogP contribution < -0.4 is 5.32 Å². The van der Waals surface area contributed by atoms with Gasteiger partial charge in [0.15, 0.2) is 5.92 Å². The second-order valence-electron chi connectivity index (χ2n) is 6.03. The summed E-state index contributed by atoms with van der Waals surface area (Å²) in [6, 6.07) is -0.617. The Bertz CT molecular complexity index is 449. The average Bonchev–Trinajstić information content (AvgIpc) is 2.48. The van der Waals surface area contributed by atoms with E-state index in [0.29, 0.717) is 13.1 Å². The molecule has 23 heavy (non-hydrogen) atoms. The molecule has 7 heteroatoms. The number of urea groups is 1. The zero-order chi connectivity index (χ0) is 17.2. The van der Waals surface area contributed by atoms with Crippen molar-refractivity contribution in [3.05, 3.63) is 0 Å². The molecule has 7 nitrogen and oxygen atoms in total. The minimum absolute atomic E-state index is 0.350. The van der Waals surface area contributed by atoms with Crippen LogP contribution in [0.5, 0.6) is 0 Å². The maximum atomic E-state index is 12.3. The molecular formula is C16H28N4O3. The van der Waals surface area contributed by atoms with Crippen molar-refractivity contribution in [2.45, 2.75) is 39.0 Å². The van der Waals surface area contributed by atoms with Crippen LogP contribution in [0.15, 0.2) is 4.99 Å². The van der Waals surface area contributed by atoms with Crippen LogP contribution in [-0.4, -0.2) is 67.6 Å². The van der Waals surface area contributed by atoms with E-state index in [9.17, 15) is 14.4 Å². The summed E-state index contributed by atoms with van der Waals surface area (Å²) >= 11 is 0. The van der Waals surface area contributed by atoms with E-state index in [1.54, 1.807) is 0 Å². The third-order valence-electron chi connectivity index (χ3n) is 3.67. The summed E-state index contributed by atoms with van der Waals surface area (Å²) in [5.41, 5.74) is 0. The van der Waals surface area contributed by atoms with Gasteiger partial charge >= 0.3 is 6.03 Å². The first-order chi connectivity index (χ1) is 11.0. The van der Waals surface area contributed by atoms with Crippen molar-refractivity contribution in [2.24, 2.45) is 10.9 Å². The molecule has 130 valence electrons. The van der Waals surface area contributed by atoms with Gasteiger partial charge in [0.1, 0.15) is 0 Å². The number of hydrogen-bond donors (Lipinski definition) is 1. The van der Waals surface area contributed by atoms with Crippen LogP contribution in [0.2, 0.25) is 0 Å². The molecule has 1 aliphatic heterocycles. The van der Waals surface area contributed by atoms with Gasteiger partial charge in [0.05, 0.1) is 0 Å². The predicted molar refractivity (Wildman–Crippen MR) is 89.4 cm³/mol. The number of hydrogen-bond acceptors (Lipinski definition) is 5. The summed E-state index contributed by atoms with van der Waals surface area (Å²) < 4.78 is 0. The molecule has 1 fully saturated rings. The number of nitrogens with zero attached hydrogens (tertiary/aromatic N) is 3. The molecule has 0 aromatic carbocycles. The summed E-state index contributed by atoms with van der Waals surface area (Å²) in [6.45, 7) is 3.90. The van der Waals surface area contributed by atoms with Crippen molar-refractivity contribution in [3.8, 4) is 0 Å². The van der Waals surface area contributed by atoms with E-state index in [1.165, 1.54) is 6.21 Å². The number of rotatable bonds is 10. The molecular weight excluding hydrogens is 296 g/mol. The SMILES string of the molecule is CCCCCCN1C(=O)NC(=O)[C@@H](C=NCCCN(C)C)C1=O. The Hall–Kier alpha value is -1.76. The lowest BCUT2D eigenvalue weighted by atomic mass is 10.1. The molecule has 0 aromatic heterocycles. The molecule has 0 aromatic rings. The van der Waals surface area contributed by atoms with E-state index < -0.39 is 23.8 Å². The van der Waals surface area contributed by atoms with E-state index in [0.717, 1.165) is 43.5 Å². The molecule has 1 saturated heterocycles. The van der Waals surface area contributed by atoms with Gasteiger partial charge in [-0.3, -0.25) is 24.8 Å². The highest BCUT2D eigenvalue weighted by atomic mass is 16.2. The van der Waals surface area contributed by atoms with Crippen LogP contribution in [-0.2, 0) is 9.59 Å². The van der Waals surface area contributed by atoms with Gasteiger partial charge in [-0.05, 0) is 33.5 Å². The molecule has 0 aliphatic carbocycles. The number of nitrogens with one attached hydrogen (secondary N) is 1. The lowest BCUT2D eigenvalue weighted by Crippen LogP contribution is -2.58. The van der Waals surface area contributed by atoms with Gasteiger partial charge in [-0.15, -0.1) is 0 Å². The Morgan fingerprint density at radius 2 is 1.91 bits per heavy atom. The number of aliphatic imine (C=N–C) groups is 1. The molecule has 0 radical (unpaired) electrons. The largest absolute Gasteiger partial charge is 0.330 e. The predicted octanol–water partition coefficient (Wildman–Crippen LogP) is 1.28. The zero-order valence-corrected chi connectivity index (χ0v) is 14.4. The molecule has 1 N–H and O–H groups in total. The Morgan fingerprint density at radius 3 is 2.57 bits per heavy atom. The highest BCUT2D eigenvalue weighted by molar-refractivity contribution is 6.23. The third kappa shape index (κ3) is 6.48. The van der Waals surface area contributed by atoms with Gasteiger partial charge in [-0.25, -0.2) is 4.79 Å². The molecule has 0 saturated carbocycles. The molecule has 4 amide bonds. The van der Waals surface area contributed by atoms with E-state index >= 15 is 0 Å². The molecule has 0 unspecified atom stereocenters. The average molecular weight is 324 g/mol. The molecule has 1 aliphatic rings. The smallest absolute Gasteiger partial charge is 0.309 e. The van der Waals surface area contributed by atoms with Crippen molar-refractivity contribution in [1.82, 2.24) is 15.1 Å². The van der Waals surface area contributed by atoms with E-state index in [2.05, 4.69) is 17.2 Å². The highest BCUT2D eigenvalue weighted by Crippen LogP contribution is 2.11. The third-order valence-corrected chi connectivity index (χ3v) is 3.67. The summed E-state index contributed by atoms with van der Waals surface area (Å²) in [5, 5.41) is 2.24. The van der Waals surface area contributed by atoms with Crippen LogP contribution in [0.3, 0.4) is 0 Å². The van der Waals surface area contributed by atoms with E-state index in [4.69, 9.17) is 0 Å². The van der Waals surface area contributed by atoms with Gasteiger partial charge in [-0.2, -0.15) is 0 Å². The minimum atomic E-state index is -0.988. The highest BCUT2D eigenvalue weighted by Gasteiger charge is 2.38. The van der Waals surface area contributed by atoms with Crippen molar-refractivity contribution in [3.63, 3.8) is 0 Å². The van der Waals surface area contributed by atoms with E-state index in [-0.39, 0.29) is 0 Å².